The molecule has 1 aliphatic rings. The molecule has 1 aliphatic heterocycles. The van der Waals surface area contributed by atoms with Gasteiger partial charge in [0.05, 0.1) is 13.2 Å². The lowest BCUT2D eigenvalue weighted by molar-refractivity contribution is -0.140. The third kappa shape index (κ3) is 5.05. The third-order valence-corrected chi connectivity index (χ3v) is 4.60. The van der Waals surface area contributed by atoms with Gasteiger partial charge < -0.3 is 9.47 Å². The summed E-state index contributed by atoms with van der Waals surface area (Å²) in [5, 5.41) is 9.45. The Morgan fingerprint density at radius 1 is 1.07 bits per heavy atom. The second-order valence-corrected chi connectivity index (χ2v) is 6.77. The fourth-order valence-corrected chi connectivity index (χ4v) is 3.03. The van der Waals surface area contributed by atoms with Crippen molar-refractivity contribution >= 4 is 17.9 Å². The van der Waals surface area contributed by atoms with E-state index in [1.807, 2.05) is 39.0 Å². The molecule has 2 rings (SSSR count). The van der Waals surface area contributed by atoms with Gasteiger partial charge in [0.25, 0.3) is 11.8 Å². The zero-order valence-electron chi connectivity index (χ0n) is 17.6. The Morgan fingerprint density at radius 2 is 1.83 bits per heavy atom. The highest BCUT2D eigenvalue weighted by atomic mass is 16.5. The molecule has 0 unspecified atom stereocenters. The van der Waals surface area contributed by atoms with E-state index >= 15 is 0 Å². The van der Waals surface area contributed by atoms with Crippen LogP contribution in [0.5, 0.6) is 11.5 Å². The van der Waals surface area contributed by atoms with E-state index in [4.69, 9.17) is 9.47 Å². The van der Waals surface area contributed by atoms with Gasteiger partial charge in [-0.05, 0) is 56.0 Å². The minimum absolute atomic E-state index is 0.0138. The first-order valence-electron chi connectivity index (χ1n) is 10.1. The van der Waals surface area contributed by atoms with E-state index in [-0.39, 0.29) is 11.5 Å². The van der Waals surface area contributed by atoms with Gasteiger partial charge in [0.1, 0.15) is 11.6 Å². The molecule has 0 bridgehead atoms. The molecule has 29 heavy (non-hydrogen) atoms. The van der Waals surface area contributed by atoms with Crippen LogP contribution in [0, 0.1) is 11.3 Å². The van der Waals surface area contributed by atoms with E-state index in [1.165, 1.54) is 4.90 Å². The molecule has 0 atom stereocenters. The summed E-state index contributed by atoms with van der Waals surface area (Å²) in [6, 6.07) is 7.41. The lowest BCUT2D eigenvalue weighted by atomic mass is 9.93. The number of amides is 2. The molecule has 0 saturated heterocycles. The number of hydrogen-bond acceptors (Lipinski definition) is 5. The lowest BCUT2D eigenvalue weighted by Gasteiger charge is -2.27. The second-order valence-electron chi connectivity index (χ2n) is 6.77. The normalized spacial score (nSPS) is 15.7. The molecule has 0 N–H and O–H groups in total. The molecule has 0 saturated carbocycles. The maximum absolute atomic E-state index is 13.0. The smallest absolute Gasteiger partial charge is 0.271 e. The molecule has 0 spiro atoms. The minimum atomic E-state index is -0.515. The number of ether oxygens (including phenoxy) is 2. The molecule has 0 radical (unpaired) electrons. The van der Waals surface area contributed by atoms with Gasteiger partial charge in [-0.1, -0.05) is 26.3 Å². The van der Waals surface area contributed by atoms with Crippen LogP contribution in [0.2, 0.25) is 0 Å². The van der Waals surface area contributed by atoms with Gasteiger partial charge in [0, 0.05) is 12.1 Å². The van der Waals surface area contributed by atoms with Crippen LogP contribution in [-0.4, -0.2) is 36.5 Å². The van der Waals surface area contributed by atoms with E-state index < -0.39 is 5.91 Å². The van der Waals surface area contributed by atoms with Gasteiger partial charge in [-0.25, -0.2) is 0 Å². The Morgan fingerprint density at radius 3 is 2.45 bits per heavy atom. The molecule has 6 heteroatoms. The summed E-state index contributed by atoms with van der Waals surface area (Å²) in [5.74, 6) is 0.360. The maximum atomic E-state index is 13.0. The van der Waals surface area contributed by atoms with E-state index in [2.05, 4.69) is 0 Å². The highest BCUT2D eigenvalue weighted by Crippen LogP contribution is 2.32. The van der Waals surface area contributed by atoms with Crippen LogP contribution >= 0.6 is 0 Å². The Kier molecular flexibility index (Phi) is 8.02. The summed E-state index contributed by atoms with van der Waals surface area (Å²) in [6.45, 7) is 8.92. The molecular weight excluding hydrogens is 368 g/mol. The van der Waals surface area contributed by atoms with Crippen molar-refractivity contribution in [3.63, 3.8) is 0 Å². The molecule has 2 amide bonds. The summed E-state index contributed by atoms with van der Waals surface area (Å²) in [4.78, 5) is 26.7. The number of nitrogens with zero attached hydrogens (tertiary/aromatic N) is 2. The van der Waals surface area contributed by atoms with Crippen molar-refractivity contribution in [3.05, 3.63) is 40.5 Å². The Balaban J connectivity index is 2.48. The van der Waals surface area contributed by atoms with Gasteiger partial charge in [-0.2, -0.15) is 5.26 Å². The molecule has 0 fully saturated rings. The van der Waals surface area contributed by atoms with Crippen molar-refractivity contribution in [1.82, 2.24) is 4.90 Å². The Hall–Kier alpha value is -3.07. The standard InChI is InChI=1S/C23H28N2O4/c1-5-8-11-25-22(26)18(16(4)19(15-24)23(25)27)13-17-9-10-20(29-12-6-2)21(14-17)28-7-3/h9-10,13-14H,5-8,11-12H2,1-4H3/b18-13+. The van der Waals surface area contributed by atoms with E-state index in [9.17, 15) is 14.9 Å². The Labute approximate surface area is 172 Å². The number of carbonyl (C=O) groups is 2. The van der Waals surface area contributed by atoms with Crippen molar-refractivity contribution in [1.29, 1.82) is 5.26 Å². The number of carbonyl (C=O) groups excluding carboxylic acids is 2. The average Bonchev–Trinajstić information content (AvgIpc) is 2.71. The number of unbranched alkanes of at least 4 members (excludes halogenated alkanes) is 1. The molecule has 1 aromatic rings. The molecular formula is C23H28N2O4. The van der Waals surface area contributed by atoms with Crippen LogP contribution in [0.15, 0.2) is 34.9 Å². The quantitative estimate of drug-likeness (QED) is 0.460. The van der Waals surface area contributed by atoms with Crippen LogP contribution in [0.3, 0.4) is 0 Å². The highest BCUT2D eigenvalue weighted by Gasteiger charge is 2.34. The second kappa shape index (κ2) is 10.5. The predicted molar refractivity (Wildman–Crippen MR) is 111 cm³/mol. The van der Waals surface area contributed by atoms with E-state index in [0.717, 1.165) is 18.4 Å². The fraction of sp³-hybridized carbons (Fsp3) is 0.435. The van der Waals surface area contributed by atoms with Gasteiger partial charge >= 0.3 is 0 Å². The van der Waals surface area contributed by atoms with Crippen molar-refractivity contribution < 1.29 is 19.1 Å². The largest absolute Gasteiger partial charge is 0.490 e. The van der Waals surface area contributed by atoms with Crippen LogP contribution < -0.4 is 9.47 Å². The number of rotatable bonds is 9. The van der Waals surface area contributed by atoms with Gasteiger partial charge in [-0.3, -0.25) is 14.5 Å². The summed E-state index contributed by atoms with van der Waals surface area (Å²) in [6.07, 6.45) is 4.12. The number of imide groups is 1. The Bertz CT molecular complexity index is 877. The van der Waals surface area contributed by atoms with Crippen molar-refractivity contribution in [2.24, 2.45) is 0 Å². The van der Waals surface area contributed by atoms with Gasteiger partial charge in [-0.15, -0.1) is 0 Å². The monoisotopic (exact) mass is 396 g/mol. The molecule has 154 valence electrons. The lowest BCUT2D eigenvalue weighted by Crippen LogP contribution is -2.43. The molecule has 0 aliphatic carbocycles. The minimum Gasteiger partial charge on any atom is -0.490 e. The fourth-order valence-electron chi connectivity index (χ4n) is 3.03. The van der Waals surface area contributed by atoms with Gasteiger partial charge in [0.2, 0.25) is 0 Å². The first-order chi connectivity index (χ1) is 14.0. The molecule has 1 heterocycles. The maximum Gasteiger partial charge on any atom is 0.271 e. The number of nitriles is 1. The number of hydrogen-bond donors (Lipinski definition) is 0. The zero-order chi connectivity index (χ0) is 21.4. The van der Waals surface area contributed by atoms with Crippen molar-refractivity contribution in [3.8, 4) is 17.6 Å². The van der Waals surface area contributed by atoms with E-state index in [1.54, 1.807) is 19.1 Å². The van der Waals surface area contributed by atoms with Crippen LogP contribution in [0.4, 0.5) is 0 Å². The summed E-state index contributed by atoms with van der Waals surface area (Å²) in [5.41, 5.74) is 1.50. The summed E-state index contributed by atoms with van der Waals surface area (Å²) >= 11 is 0. The average molecular weight is 396 g/mol. The third-order valence-electron chi connectivity index (χ3n) is 4.60. The SMILES string of the molecule is CCCCN1C(=O)C(C#N)=C(C)/C(=C\c2ccc(OCCC)c(OCC)c2)C1=O. The summed E-state index contributed by atoms with van der Waals surface area (Å²) in [7, 11) is 0. The molecule has 1 aromatic carbocycles. The zero-order valence-corrected chi connectivity index (χ0v) is 17.6. The highest BCUT2D eigenvalue weighted by molar-refractivity contribution is 6.19. The number of benzene rings is 1. The van der Waals surface area contributed by atoms with Crippen molar-refractivity contribution in [2.75, 3.05) is 19.8 Å². The van der Waals surface area contributed by atoms with Crippen LogP contribution in [0.25, 0.3) is 6.08 Å². The van der Waals surface area contributed by atoms with E-state index in [0.29, 0.717) is 48.8 Å². The first-order valence-corrected chi connectivity index (χ1v) is 10.1. The topological polar surface area (TPSA) is 79.6 Å². The van der Waals surface area contributed by atoms with Crippen molar-refractivity contribution in [2.45, 2.75) is 47.0 Å². The molecule has 6 nitrogen and oxygen atoms in total. The summed E-state index contributed by atoms with van der Waals surface area (Å²) < 4.78 is 11.4. The van der Waals surface area contributed by atoms with Crippen LogP contribution in [0.1, 0.15) is 52.5 Å². The predicted octanol–water partition coefficient (Wildman–Crippen LogP) is 4.27. The first kappa shape index (κ1) is 22.2. The molecule has 0 aromatic heterocycles. The van der Waals surface area contributed by atoms with Gasteiger partial charge in [0.15, 0.2) is 11.5 Å². The van der Waals surface area contributed by atoms with Crippen LogP contribution in [-0.2, 0) is 9.59 Å².